The van der Waals surface area contributed by atoms with Crippen LogP contribution in [-0.2, 0) is 9.53 Å². The monoisotopic (exact) mass is 424 g/mol. The quantitative estimate of drug-likeness (QED) is 0.120. The predicted octanol–water partition coefficient (Wildman–Crippen LogP) is 9.64. The number of rotatable bonds is 23. The lowest BCUT2D eigenvalue weighted by Crippen LogP contribution is -2.19. The molecular formula is C28H56O2. The second kappa shape index (κ2) is 23.1. The molecule has 0 rings (SSSR count). The van der Waals surface area contributed by atoms with Gasteiger partial charge in [0.15, 0.2) is 0 Å². The van der Waals surface area contributed by atoms with Gasteiger partial charge in [0, 0.05) is 0 Å². The van der Waals surface area contributed by atoms with E-state index in [0.717, 1.165) is 6.42 Å². The first kappa shape index (κ1) is 29.5. The van der Waals surface area contributed by atoms with E-state index in [2.05, 4.69) is 20.8 Å². The second-order valence-corrected chi connectivity index (χ2v) is 9.69. The fourth-order valence-corrected chi connectivity index (χ4v) is 4.13. The highest BCUT2D eigenvalue weighted by Gasteiger charge is 2.15. The van der Waals surface area contributed by atoms with Crippen LogP contribution in [0.5, 0.6) is 0 Å². The van der Waals surface area contributed by atoms with Gasteiger partial charge in [0.2, 0.25) is 0 Å². The van der Waals surface area contributed by atoms with Crippen molar-refractivity contribution in [2.45, 2.75) is 156 Å². The molecule has 0 bridgehead atoms. The molecule has 0 aliphatic heterocycles. The summed E-state index contributed by atoms with van der Waals surface area (Å²) in [4.78, 5) is 12.0. The third-order valence-corrected chi connectivity index (χ3v) is 6.66. The van der Waals surface area contributed by atoms with E-state index < -0.39 is 0 Å². The van der Waals surface area contributed by atoms with E-state index >= 15 is 0 Å². The molecule has 0 saturated heterocycles. The van der Waals surface area contributed by atoms with E-state index in [9.17, 15) is 4.79 Å². The van der Waals surface area contributed by atoms with Crippen molar-refractivity contribution < 1.29 is 9.53 Å². The van der Waals surface area contributed by atoms with E-state index in [1.807, 2.05) is 6.92 Å². The Balaban J connectivity index is 3.84. The summed E-state index contributed by atoms with van der Waals surface area (Å²) in [6.07, 6.45) is 26.8. The molecule has 180 valence electrons. The average Bonchev–Trinajstić information content (AvgIpc) is 2.76. The summed E-state index contributed by atoms with van der Waals surface area (Å²) in [7, 11) is 0. The molecule has 0 radical (unpaired) electrons. The van der Waals surface area contributed by atoms with E-state index in [-0.39, 0.29) is 11.9 Å². The molecule has 0 heterocycles. The number of unbranched alkanes of at least 4 members (excludes halogenated alkanes) is 15. The van der Waals surface area contributed by atoms with Crippen molar-refractivity contribution in [3.05, 3.63) is 0 Å². The van der Waals surface area contributed by atoms with E-state index in [4.69, 9.17) is 4.74 Å². The molecule has 0 N–H and O–H groups in total. The van der Waals surface area contributed by atoms with Crippen molar-refractivity contribution in [3.63, 3.8) is 0 Å². The van der Waals surface area contributed by atoms with E-state index in [1.54, 1.807) is 0 Å². The summed E-state index contributed by atoms with van der Waals surface area (Å²) in [5, 5.41) is 0. The first-order chi connectivity index (χ1) is 14.7. The molecule has 0 aromatic heterocycles. The molecule has 2 heteroatoms. The topological polar surface area (TPSA) is 26.3 Å². The molecule has 0 amide bonds. The van der Waals surface area contributed by atoms with Gasteiger partial charge in [0.25, 0.3) is 0 Å². The predicted molar refractivity (Wildman–Crippen MR) is 133 cm³/mol. The Morgan fingerprint density at radius 3 is 1.33 bits per heavy atom. The van der Waals surface area contributed by atoms with E-state index in [1.165, 1.54) is 122 Å². The summed E-state index contributed by atoms with van der Waals surface area (Å²) in [6.45, 7) is 9.24. The zero-order valence-corrected chi connectivity index (χ0v) is 21.3. The van der Waals surface area contributed by atoms with Crippen molar-refractivity contribution in [2.75, 3.05) is 6.61 Å². The molecule has 0 fully saturated rings. The van der Waals surface area contributed by atoms with Crippen LogP contribution < -0.4 is 0 Å². The maximum Gasteiger partial charge on any atom is 0.308 e. The van der Waals surface area contributed by atoms with Gasteiger partial charge in [-0.3, -0.25) is 4.79 Å². The minimum Gasteiger partial charge on any atom is -0.465 e. The number of carbonyl (C=O) groups excluding carboxylic acids is 1. The van der Waals surface area contributed by atoms with E-state index in [0.29, 0.717) is 12.5 Å². The van der Waals surface area contributed by atoms with Crippen LogP contribution in [0.3, 0.4) is 0 Å². The Labute approximate surface area is 190 Å². The van der Waals surface area contributed by atoms with Crippen LogP contribution in [0.1, 0.15) is 156 Å². The summed E-state index contributed by atoms with van der Waals surface area (Å²) in [5.41, 5.74) is 0. The van der Waals surface area contributed by atoms with Gasteiger partial charge in [0.1, 0.15) is 0 Å². The van der Waals surface area contributed by atoms with Gasteiger partial charge in [-0.15, -0.1) is 0 Å². The third kappa shape index (κ3) is 19.4. The molecule has 2 atom stereocenters. The average molecular weight is 425 g/mol. The summed E-state index contributed by atoms with van der Waals surface area (Å²) in [6, 6.07) is 0. The fourth-order valence-electron chi connectivity index (χ4n) is 4.13. The lowest BCUT2D eigenvalue weighted by molar-refractivity contribution is -0.149. The van der Waals surface area contributed by atoms with Crippen LogP contribution in [0.4, 0.5) is 0 Å². The highest BCUT2D eigenvalue weighted by Crippen LogP contribution is 2.20. The maximum absolute atomic E-state index is 12.0. The van der Waals surface area contributed by atoms with Gasteiger partial charge in [-0.25, -0.2) is 0 Å². The molecule has 0 aliphatic carbocycles. The zero-order chi connectivity index (χ0) is 22.3. The van der Waals surface area contributed by atoms with Crippen molar-refractivity contribution in [2.24, 2.45) is 11.8 Å². The minimum atomic E-state index is 0.00294. The minimum absolute atomic E-state index is 0.00294. The van der Waals surface area contributed by atoms with Gasteiger partial charge in [-0.2, -0.15) is 0 Å². The van der Waals surface area contributed by atoms with Crippen LogP contribution in [0.25, 0.3) is 0 Å². The highest BCUT2D eigenvalue weighted by molar-refractivity contribution is 5.71. The molecular weight excluding hydrogens is 368 g/mol. The molecule has 0 aromatic carbocycles. The number of esters is 1. The van der Waals surface area contributed by atoms with Crippen molar-refractivity contribution >= 4 is 5.97 Å². The van der Waals surface area contributed by atoms with Gasteiger partial charge < -0.3 is 4.74 Å². The Hall–Kier alpha value is -0.530. The lowest BCUT2D eigenvalue weighted by atomic mass is 9.94. The first-order valence-electron chi connectivity index (χ1n) is 13.8. The molecule has 0 spiro atoms. The molecule has 2 nitrogen and oxygen atoms in total. The maximum atomic E-state index is 12.0. The molecule has 2 unspecified atom stereocenters. The number of carbonyl (C=O) groups is 1. The molecule has 0 saturated carbocycles. The highest BCUT2D eigenvalue weighted by atomic mass is 16.5. The standard InChI is InChI=1S/C28H56O2/c1-5-8-10-12-13-14-15-16-17-18-20-22-24-27(23-21-19-11-9-6-2)25-30-28(29)26(4)7-3/h26-27H,5-25H2,1-4H3. The van der Waals surface area contributed by atoms with Gasteiger partial charge in [0.05, 0.1) is 12.5 Å². The Bertz CT molecular complexity index is 353. The number of hydrogen-bond acceptors (Lipinski definition) is 2. The van der Waals surface area contributed by atoms with Gasteiger partial charge >= 0.3 is 5.97 Å². The fraction of sp³-hybridized carbons (Fsp3) is 0.964. The second-order valence-electron chi connectivity index (χ2n) is 9.69. The summed E-state index contributed by atoms with van der Waals surface area (Å²) in [5.74, 6) is 0.618. The third-order valence-electron chi connectivity index (χ3n) is 6.66. The van der Waals surface area contributed by atoms with Crippen LogP contribution in [-0.4, -0.2) is 12.6 Å². The zero-order valence-electron chi connectivity index (χ0n) is 21.3. The van der Waals surface area contributed by atoms with Crippen molar-refractivity contribution in [1.29, 1.82) is 0 Å². The first-order valence-corrected chi connectivity index (χ1v) is 13.8. The number of hydrogen-bond donors (Lipinski definition) is 0. The van der Waals surface area contributed by atoms with Crippen molar-refractivity contribution in [3.8, 4) is 0 Å². The largest absolute Gasteiger partial charge is 0.465 e. The van der Waals surface area contributed by atoms with Gasteiger partial charge in [-0.05, 0) is 25.2 Å². The van der Waals surface area contributed by atoms with Crippen molar-refractivity contribution in [1.82, 2.24) is 0 Å². The lowest BCUT2D eigenvalue weighted by Gasteiger charge is -2.18. The summed E-state index contributed by atoms with van der Waals surface area (Å²) < 4.78 is 5.65. The molecule has 0 aliphatic rings. The Kier molecular flexibility index (Phi) is 22.7. The molecule has 30 heavy (non-hydrogen) atoms. The van der Waals surface area contributed by atoms with Crippen LogP contribution in [0, 0.1) is 11.8 Å². The Morgan fingerprint density at radius 2 is 0.967 bits per heavy atom. The smallest absolute Gasteiger partial charge is 0.308 e. The Morgan fingerprint density at radius 1 is 0.600 bits per heavy atom. The van der Waals surface area contributed by atoms with Crippen LogP contribution >= 0.6 is 0 Å². The van der Waals surface area contributed by atoms with Crippen LogP contribution in [0.15, 0.2) is 0 Å². The SMILES string of the molecule is CCCCCCCCCCCCCCC(CCCCCCC)COC(=O)C(C)CC. The normalized spacial score (nSPS) is 13.3. The van der Waals surface area contributed by atoms with Gasteiger partial charge in [-0.1, -0.05) is 137 Å². The number of ether oxygens (including phenoxy) is 1. The molecule has 0 aromatic rings. The summed E-state index contributed by atoms with van der Waals surface area (Å²) >= 11 is 0. The van der Waals surface area contributed by atoms with Crippen LogP contribution in [0.2, 0.25) is 0 Å².